The second-order valence-electron chi connectivity index (χ2n) is 7.48. The molecule has 0 radical (unpaired) electrons. The van der Waals surface area contributed by atoms with Crippen molar-refractivity contribution >= 4 is 11.7 Å². The SMILES string of the molecule is COc1cc(CN(C(=O)Nc2cc(C(F)(F)F)ccc2-n2cccn2)C2CC2)ccc1O. The molecule has 0 spiro atoms. The molecule has 1 fully saturated rings. The molecule has 1 heterocycles. The lowest BCUT2D eigenvalue weighted by Crippen LogP contribution is -2.36. The Morgan fingerprint density at radius 1 is 1.28 bits per heavy atom. The lowest BCUT2D eigenvalue weighted by atomic mass is 10.1. The Balaban J connectivity index is 1.62. The van der Waals surface area contributed by atoms with Gasteiger partial charge in [0, 0.05) is 25.0 Å². The number of benzene rings is 2. The van der Waals surface area contributed by atoms with E-state index >= 15 is 0 Å². The summed E-state index contributed by atoms with van der Waals surface area (Å²) in [6, 6.07) is 8.99. The number of ether oxygens (including phenoxy) is 1. The number of carbonyl (C=O) groups excluding carboxylic acids is 1. The van der Waals surface area contributed by atoms with Crippen LogP contribution in [0.5, 0.6) is 11.5 Å². The number of nitrogens with one attached hydrogen (secondary N) is 1. The van der Waals surface area contributed by atoms with Gasteiger partial charge in [-0.05, 0) is 54.8 Å². The van der Waals surface area contributed by atoms with Gasteiger partial charge < -0.3 is 20.1 Å². The minimum atomic E-state index is -4.55. The highest BCUT2D eigenvalue weighted by Gasteiger charge is 2.34. The van der Waals surface area contributed by atoms with Crippen molar-refractivity contribution in [3.8, 4) is 17.2 Å². The number of methoxy groups -OCH3 is 1. The van der Waals surface area contributed by atoms with Gasteiger partial charge in [-0.2, -0.15) is 18.3 Å². The van der Waals surface area contributed by atoms with E-state index in [1.54, 1.807) is 29.3 Å². The van der Waals surface area contributed by atoms with Gasteiger partial charge in [0.15, 0.2) is 11.5 Å². The Kier molecular flexibility index (Phi) is 5.68. The minimum absolute atomic E-state index is 0.00228. The van der Waals surface area contributed by atoms with Gasteiger partial charge in [-0.15, -0.1) is 0 Å². The van der Waals surface area contributed by atoms with E-state index in [1.165, 1.54) is 30.1 Å². The number of urea groups is 1. The van der Waals surface area contributed by atoms with Crippen LogP contribution in [0.1, 0.15) is 24.0 Å². The summed E-state index contributed by atoms with van der Waals surface area (Å²) in [6.45, 7) is 0.212. The first-order valence-corrected chi connectivity index (χ1v) is 9.91. The molecule has 2 amide bonds. The fraction of sp³-hybridized carbons (Fsp3) is 0.273. The average molecular weight is 446 g/mol. The molecule has 0 atom stereocenters. The van der Waals surface area contributed by atoms with Crippen LogP contribution < -0.4 is 10.1 Å². The predicted molar refractivity (Wildman–Crippen MR) is 111 cm³/mol. The Morgan fingerprint density at radius 2 is 2.06 bits per heavy atom. The van der Waals surface area contributed by atoms with Crippen molar-refractivity contribution in [2.45, 2.75) is 31.6 Å². The maximum Gasteiger partial charge on any atom is 0.416 e. The van der Waals surface area contributed by atoms with E-state index in [-0.39, 0.29) is 29.8 Å². The molecule has 1 aliphatic rings. The van der Waals surface area contributed by atoms with E-state index < -0.39 is 17.8 Å². The van der Waals surface area contributed by atoms with Crippen molar-refractivity contribution < 1.29 is 27.8 Å². The lowest BCUT2D eigenvalue weighted by molar-refractivity contribution is -0.137. The van der Waals surface area contributed by atoms with Crippen LogP contribution in [0.25, 0.3) is 5.69 Å². The molecule has 32 heavy (non-hydrogen) atoms. The normalized spacial score (nSPS) is 13.6. The lowest BCUT2D eigenvalue weighted by Gasteiger charge is -2.24. The number of aromatic hydroxyl groups is 1. The van der Waals surface area contributed by atoms with Crippen LogP contribution in [0.4, 0.5) is 23.7 Å². The third-order valence-electron chi connectivity index (χ3n) is 5.16. The second kappa shape index (κ2) is 8.45. The molecular weight excluding hydrogens is 425 g/mol. The Hall–Kier alpha value is -3.69. The van der Waals surface area contributed by atoms with Crippen molar-refractivity contribution in [2.75, 3.05) is 12.4 Å². The zero-order valence-corrected chi connectivity index (χ0v) is 17.1. The molecule has 0 bridgehead atoms. The monoisotopic (exact) mass is 446 g/mol. The van der Waals surface area contributed by atoms with Crippen molar-refractivity contribution in [3.05, 3.63) is 66.0 Å². The highest BCUT2D eigenvalue weighted by molar-refractivity contribution is 5.92. The van der Waals surface area contributed by atoms with Crippen LogP contribution in [0.15, 0.2) is 54.9 Å². The third-order valence-corrected chi connectivity index (χ3v) is 5.16. The van der Waals surface area contributed by atoms with E-state index in [0.717, 1.165) is 30.5 Å². The quantitative estimate of drug-likeness (QED) is 0.570. The fourth-order valence-corrected chi connectivity index (χ4v) is 3.38. The molecule has 10 heteroatoms. The van der Waals surface area contributed by atoms with E-state index in [1.807, 2.05) is 0 Å². The number of phenols is 1. The molecule has 2 aromatic carbocycles. The summed E-state index contributed by atoms with van der Waals surface area (Å²) < 4.78 is 46.4. The van der Waals surface area contributed by atoms with Crippen LogP contribution in [0, 0.1) is 0 Å². The molecule has 0 saturated heterocycles. The number of hydrogen-bond donors (Lipinski definition) is 2. The van der Waals surface area contributed by atoms with Crippen molar-refractivity contribution in [1.82, 2.24) is 14.7 Å². The van der Waals surface area contributed by atoms with Crippen molar-refractivity contribution in [2.24, 2.45) is 0 Å². The van der Waals surface area contributed by atoms with Crippen LogP contribution in [0.2, 0.25) is 0 Å². The fourth-order valence-electron chi connectivity index (χ4n) is 3.38. The summed E-state index contributed by atoms with van der Waals surface area (Å²) in [5, 5.41) is 16.5. The number of amides is 2. The Morgan fingerprint density at radius 3 is 2.69 bits per heavy atom. The summed E-state index contributed by atoms with van der Waals surface area (Å²) in [7, 11) is 1.43. The van der Waals surface area contributed by atoms with Gasteiger partial charge in [0.05, 0.1) is 24.0 Å². The highest BCUT2D eigenvalue weighted by Crippen LogP contribution is 2.35. The van der Waals surface area contributed by atoms with E-state index in [9.17, 15) is 23.1 Å². The highest BCUT2D eigenvalue weighted by atomic mass is 19.4. The number of carbonyl (C=O) groups is 1. The number of hydrogen-bond acceptors (Lipinski definition) is 4. The molecule has 1 aromatic heterocycles. The van der Waals surface area contributed by atoms with Crippen molar-refractivity contribution in [3.63, 3.8) is 0 Å². The van der Waals surface area contributed by atoms with Gasteiger partial charge in [-0.3, -0.25) is 0 Å². The van der Waals surface area contributed by atoms with E-state index in [2.05, 4.69) is 10.4 Å². The number of halogens is 3. The molecule has 1 saturated carbocycles. The van der Waals surface area contributed by atoms with E-state index in [4.69, 9.17) is 4.74 Å². The summed E-state index contributed by atoms with van der Waals surface area (Å²) in [4.78, 5) is 14.7. The van der Waals surface area contributed by atoms with Gasteiger partial charge in [0.25, 0.3) is 0 Å². The molecule has 1 aliphatic carbocycles. The number of nitrogens with zero attached hydrogens (tertiary/aromatic N) is 3. The molecule has 7 nitrogen and oxygen atoms in total. The maximum atomic E-state index is 13.3. The topological polar surface area (TPSA) is 79.6 Å². The third kappa shape index (κ3) is 4.63. The van der Waals surface area contributed by atoms with Crippen LogP contribution in [0.3, 0.4) is 0 Å². The van der Waals surface area contributed by atoms with Gasteiger partial charge >= 0.3 is 12.2 Å². The molecule has 4 rings (SSSR count). The number of rotatable bonds is 6. The molecule has 3 aromatic rings. The van der Waals surface area contributed by atoms with Crippen LogP contribution in [-0.4, -0.2) is 39.0 Å². The standard InChI is InChI=1S/C22H21F3N4O3/c1-32-20-11-14(3-8-19(20)30)13-28(16-5-6-16)21(31)27-17-12-15(22(23,24)25)4-7-18(17)29-10-2-9-26-29/h2-4,7-12,16,30H,5-6,13H2,1H3,(H,27,31). The first kappa shape index (κ1) is 21.5. The van der Waals surface area contributed by atoms with Gasteiger partial charge in [0.2, 0.25) is 0 Å². The summed E-state index contributed by atoms with van der Waals surface area (Å²) in [6.07, 6.45) is 0.132. The maximum absolute atomic E-state index is 13.3. The zero-order valence-electron chi connectivity index (χ0n) is 17.1. The zero-order chi connectivity index (χ0) is 22.9. The minimum Gasteiger partial charge on any atom is -0.504 e. The van der Waals surface area contributed by atoms with Crippen LogP contribution in [-0.2, 0) is 12.7 Å². The largest absolute Gasteiger partial charge is 0.504 e. The molecule has 0 unspecified atom stereocenters. The number of phenolic OH excluding ortho intramolecular Hbond substituents is 1. The Bertz CT molecular complexity index is 1110. The predicted octanol–water partition coefficient (Wildman–Crippen LogP) is 4.80. The van der Waals surface area contributed by atoms with Gasteiger partial charge in [-0.25, -0.2) is 9.48 Å². The van der Waals surface area contributed by atoms with Gasteiger partial charge in [0.1, 0.15) is 0 Å². The molecular formula is C22H21F3N4O3. The average Bonchev–Trinajstić information content (AvgIpc) is 3.45. The number of alkyl halides is 3. The van der Waals surface area contributed by atoms with E-state index in [0.29, 0.717) is 5.69 Å². The summed E-state index contributed by atoms with van der Waals surface area (Å²) in [5.74, 6) is 0.254. The van der Waals surface area contributed by atoms with Gasteiger partial charge in [-0.1, -0.05) is 6.07 Å². The second-order valence-corrected chi connectivity index (χ2v) is 7.48. The van der Waals surface area contributed by atoms with Crippen LogP contribution >= 0.6 is 0 Å². The summed E-state index contributed by atoms with van der Waals surface area (Å²) >= 11 is 0. The van der Waals surface area contributed by atoms with Crippen molar-refractivity contribution in [1.29, 1.82) is 0 Å². The molecule has 168 valence electrons. The summed E-state index contributed by atoms with van der Waals surface area (Å²) in [5.41, 5.74) is 0.170. The molecule has 2 N–H and O–H groups in total. The first-order valence-electron chi connectivity index (χ1n) is 9.91. The smallest absolute Gasteiger partial charge is 0.416 e. The molecule has 0 aliphatic heterocycles. The number of anilines is 1. The number of aromatic nitrogens is 2. The Labute approximate surface area is 182 Å². The first-order chi connectivity index (χ1) is 15.3.